The molecule has 0 aliphatic heterocycles. The van der Waals surface area contributed by atoms with Crippen LogP contribution in [0.2, 0.25) is 0 Å². The molecule has 0 radical (unpaired) electrons. The van der Waals surface area contributed by atoms with Crippen LogP contribution < -0.4 is 4.74 Å². The third kappa shape index (κ3) is 2.81. The topological polar surface area (TPSA) is 52.6 Å². The first kappa shape index (κ1) is 19.0. The number of ether oxygens (including phenoxy) is 2. The van der Waals surface area contributed by atoms with E-state index in [2.05, 4.69) is 25.1 Å². The third-order valence-electron chi connectivity index (χ3n) is 7.06. The van der Waals surface area contributed by atoms with Crippen molar-refractivity contribution in [2.24, 2.45) is 5.41 Å². The monoisotopic (exact) mass is 380 g/mol. The van der Waals surface area contributed by atoms with E-state index in [9.17, 15) is 9.59 Å². The Morgan fingerprint density at radius 2 is 1.82 bits per heavy atom. The summed E-state index contributed by atoms with van der Waals surface area (Å²) in [5.74, 6) is 0.602. The molecule has 0 N–H and O–H groups in total. The lowest BCUT2D eigenvalue weighted by Gasteiger charge is -2.43. The van der Waals surface area contributed by atoms with Crippen LogP contribution in [0, 0.1) is 12.3 Å². The van der Waals surface area contributed by atoms with Gasteiger partial charge in [-0.2, -0.15) is 0 Å². The largest absolute Gasteiger partial charge is 0.462 e. The van der Waals surface area contributed by atoms with E-state index in [4.69, 9.17) is 9.47 Å². The summed E-state index contributed by atoms with van der Waals surface area (Å²) in [4.78, 5) is 23.0. The molecule has 1 fully saturated rings. The molecule has 0 amide bonds. The van der Waals surface area contributed by atoms with E-state index in [0.717, 1.165) is 43.1 Å². The minimum atomic E-state index is -0.296. The van der Waals surface area contributed by atoms with Gasteiger partial charge in [0.25, 0.3) is 0 Å². The minimum Gasteiger partial charge on any atom is -0.462 e. The van der Waals surface area contributed by atoms with Gasteiger partial charge in [-0.15, -0.1) is 0 Å². The van der Waals surface area contributed by atoms with E-state index in [1.165, 1.54) is 30.4 Å². The molecule has 3 atom stereocenters. The second-order valence-electron chi connectivity index (χ2n) is 8.33. The molecule has 28 heavy (non-hydrogen) atoms. The first-order valence-electron chi connectivity index (χ1n) is 10.3. The van der Waals surface area contributed by atoms with Crippen LogP contribution in [0.25, 0.3) is 10.8 Å². The van der Waals surface area contributed by atoms with Crippen LogP contribution in [-0.2, 0) is 20.7 Å². The van der Waals surface area contributed by atoms with Gasteiger partial charge in [-0.25, -0.2) is 0 Å². The number of aryl methyl sites for hydroxylation is 2. The van der Waals surface area contributed by atoms with Gasteiger partial charge in [0, 0.05) is 19.3 Å². The number of fused-ring (bicyclic) bond motifs is 5. The summed E-state index contributed by atoms with van der Waals surface area (Å²) in [5, 5.41) is 2.41. The molecule has 2 aliphatic rings. The Morgan fingerprint density at radius 3 is 2.50 bits per heavy atom. The number of benzene rings is 2. The maximum Gasteiger partial charge on any atom is 0.308 e. The summed E-state index contributed by atoms with van der Waals surface area (Å²) >= 11 is 0. The van der Waals surface area contributed by atoms with Crippen molar-refractivity contribution in [1.29, 1.82) is 0 Å². The molecule has 1 saturated carbocycles. The Kier molecular flexibility index (Phi) is 4.68. The SMILES string of the molecule is CC[C@@]12CCc3c(ccc4c(C)c(OC(C)=O)ccc34)[C@H]1CC[C@@H]2OC(C)=O. The lowest BCUT2D eigenvalue weighted by molar-refractivity contribution is -0.153. The Bertz CT molecular complexity index is 961. The van der Waals surface area contributed by atoms with Gasteiger partial charge >= 0.3 is 11.9 Å². The second kappa shape index (κ2) is 6.91. The van der Waals surface area contributed by atoms with Gasteiger partial charge in [-0.05, 0) is 78.5 Å². The molecule has 0 saturated heterocycles. The van der Waals surface area contributed by atoms with Crippen LogP contribution in [0.1, 0.15) is 69.1 Å². The van der Waals surface area contributed by atoms with Gasteiger partial charge in [0.1, 0.15) is 11.9 Å². The molecule has 4 heteroatoms. The molecule has 4 nitrogen and oxygen atoms in total. The van der Waals surface area contributed by atoms with Crippen molar-refractivity contribution in [2.45, 2.75) is 71.8 Å². The Balaban J connectivity index is 1.79. The summed E-state index contributed by atoms with van der Waals surface area (Å²) in [6, 6.07) is 8.43. The number of carbonyl (C=O) groups is 2. The maximum atomic E-state index is 11.6. The van der Waals surface area contributed by atoms with E-state index >= 15 is 0 Å². The standard InChI is InChI=1S/C24H28O4/c1-5-24-13-12-19-18-8-10-22(27-15(3)25)14(2)17(18)6-7-20(19)21(24)9-11-23(24)28-16(4)26/h6-8,10,21,23H,5,9,11-13H2,1-4H3/t21-,23+,24-/m1/s1. The van der Waals surface area contributed by atoms with E-state index in [1.54, 1.807) is 0 Å². The number of hydrogen-bond acceptors (Lipinski definition) is 4. The molecule has 0 heterocycles. The van der Waals surface area contributed by atoms with Gasteiger partial charge in [-0.1, -0.05) is 25.1 Å². The molecule has 2 aliphatic carbocycles. The smallest absolute Gasteiger partial charge is 0.308 e. The molecular weight excluding hydrogens is 352 g/mol. The number of hydrogen-bond donors (Lipinski definition) is 0. The Labute approximate surface area is 166 Å². The predicted molar refractivity (Wildman–Crippen MR) is 109 cm³/mol. The fourth-order valence-electron chi connectivity index (χ4n) is 5.79. The third-order valence-corrected chi connectivity index (χ3v) is 7.06. The van der Waals surface area contributed by atoms with Gasteiger partial charge in [0.15, 0.2) is 0 Å². The lowest BCUT2D eigenvalue weighted by atomic mass is 9.63. The van der Waals surface area contributed by atoms with Crippen molar-refractivity contribution in [3.63, 3.8) is 0 Å². The second-order valence-corrected chi connectivity index (χ2v) is 8.33. The van der Waals surface area contributed by atoms with Crippen molar-refractivity contribution < 1.29 is 19.1 Å². The fraction of sp³-hybridized carbons (Fsp3) is 0.500. The van der Waals surface area contributed by atoms with Gasteiger partial charge in [0.05, 0.1) is 0 Å². The van der Waals surface area contributed by atoms with E-state index in [0.29, 0.717) is 11.7 Å². The zero-order valence-corrected chi connectivity index (χ0v) is 17.1. The molecule has 2 aromatic rings. The van der Waals surface area contributed by atoms with E-state index in [-0.39, 0.29) is 23.5 Å². The van der Waals surface area contributed by atoms with Crippen LogP contribution in [0.3, 0.4) is 0 Å². The summed E-state index contributed by atoms with van der Waals surface area (Å²) < 4.78 is 11.1. The zero-order valence-electron chi connectivity index (χ0n) is 17.1. The lowest BCUT2D eigenvalue weighted by Crippen LogP contribution is -2.40. The van der Waals surface area contributed by atoms with Gasteiger partial charge in [-0.3, -0.25) is 9.59 Å². The van der Waals surface area contributed by atoms with Crippen molar-refractivity contribution in [2.75, 3.05) is 0 Å². The molecule has 4 rings (SSSR count). The fourth-order valence-corrected chi connectivity index (χ4v) is 5.79. The van der Waals surface area contributed by atoms with Crippen molar-refractivity contribution in [3.05, 3.63) is 41.0 Å². The molecule has 0 aromatic heterocycles. The summed E-state index contributed by atoms with van der Waals surface area (Å²) in [7, 11) is 0. The summed E-state index contributed by atoms with van der Waals surface area (Å²) in [6.45, 7) is 7.19. The first-order chi connectivity index (χ1) is 13.4. The Morgan fingerprint density at radius 1 is 1.07 bits per heavy atom. The molecule has 0 unspecified atom stereocenters. The Hall–Kier alpha value is -2.36. The van der Waals surface area contributed by atoms with Crippen molar-refractivity contribution in [3.8, 4) is 5.75 Å². The minimum absolute atomic E-state index is 0.0249. The van der Waals surface area contributed by atoms with Crippen molar-refractivity contribution in [1.82, 2.24) is 0 Å². The van der Waals surface area contributed by atoms with Crippen LogP contribution in [0.4, 0.5) is 0 Å². The predicted octanol–water partition coefficient (Wildman–Crippen LogP) is 5.23. The highest BCUT2D eigenvalue weighted by molar-refractivity contribution is 5.92. The molecule has 148 valence electrons. The first-order valence-corrected chi connectivity index (χ1v) is 10.3. The number of rotatable bonds is 3. The zero-order chi connectivity index (χ0) is 20.1. The number of carbonyl (C=O) groups excluding carboxylic acids is 2. The van der Waals surface area contributed by atoms with Crippen LogP contribution in [0.5, 0.6) is 5.75 Å². The summed E-state index contributed by atoms with van der Waals surface area (Å²) in [5.41, 5.74) is 3.88. The maximum absolute atomic E-state index is 11.6. The normalized spacial score (nSPS) is 25.9. The highest BCUT2D eigenvalue weighted by Gasteiger charge is 2.53. The highest BCUT2D eigenvalue weighted by Crippen LogP contribution is 2.59. The molecule has 0 bridgehead atoms. The van der Waals surface area contributed by atoms with Crippen LogP contribution in [-0.4, -0.2) is 18.0 Å². The quantitative estimate of drug-likeness (QED) is 0.541. The van der Waals surface area contributed by atoms with Gasteiger partial charge < -0.3 is 9.47 Å². The van der Waals surface area contributed by atoms with Crippen LogP contribution >= 0.6 is 0 Å². The molecular formula is C24H28O4. The van der Waals surface area contributed by atoms with Crippen molar-refractivity contribution >= 4 is 22.7 Å². The van der Waals surface area contributed by atoms with Gasteiger partial charge in [0.2, 0.25) is 0 Å². The summed E-state index contributed by atoms with van der Waals surface area (Å²) in [6.07, 6.45) is 5.09. The molecule has 0 spiro atoms. The van der Waals surface area contributed by atoms with E-state index in [1.807, 2.05) is 13.0 Å². The average molecular weight is 380 g/mol. The number of esters is 2. The van der Waals surface area contributed by atoms with E-state index < -0.39 is 0 Å². The van der Waals surface area contributed by atoms with Crippen LogP contribution in [0.15, 0.2) is 24.3 Å². The average Bonchev–Trinajstić information content (AvgIpc) is 3.01. The highest BCUT2D eigenvalue weighted by atomic mass is 16.5. The molecule has 2 aromatic carbocycles.